The fraction of sp³-hybridized carbons (Fsp3) is 0.483. The van der Waals surface area contributed by atoms with Crippen molar-refractivity contribution in [1.82, 2.24) is 29.0 Å². The van der Waals surface area contributed by atoms with Gasteiger partial charge in [0, 0.05) is 39.3 Å². The van der Waals surface area contributed by atoms with Gasteiger partial charge in [0.2, 0.25) is 10.0 Å². The highest BCUT2D eigenvalue weighted by Gasteiger charge is 2.25. The van der Waals surface area contributed by atoms with E-state index in [4.69, 9.17) is 19.9 Å². The predicted molar refractivity (Wildman–Crippen MR) is 164 cm³/mol. The second-order valence-corrected chi connectivity index (χ2v) is 12.4. The monoisotopic (exact) mass is 632 g/mol. The largest absolute Gasteiger partial charge is 0.493 e. The molecule has 0 bridgehead atoms. The Kier molecular flexibility index (Phi) is 12.2. The molecule has 1 aliphatic rings. The normalized spacial score (nSPS) is 13.8. The first-order valence-electron chi connectivity index (χ1n) is 14.4. The number of aryl methyl sites for hydroxylation is 2. The number of benzene rings is 1. The van der Waals surface area contributed by atoms with Gasteiger partial charge in [0.05, 0.1) is 22.8 Å². The van der Waals surface area contributed by atoms with E-state index in [1.54, 1.807) is 37.0 Å². The number of carbonyl (C=O) groups is 2. The zero-order valence-electron chi connectivity index (χ0n) is 25.4. The van der Waals surface area contributed by atoms with Gasteiger partial charge in [-0.25, -0.2) is 23.0 Å². The summed E-state index contributed by atoms with van der Waals surface area (Å²) in [5, 5.41) is 20.1. The molecule has 1 aromatic carbocycles. The fourth-order valence-corrected chi connectivity index (χ4v) is 5.89. The van der Waals surface area contributed by atoms with Crippen LogP contribution in [0, 0.1) is 0 Å². The molecule has 3 N–H and O–H groups in total. The van der Waals surface area contributed by atoms with Gasteiger partial charge in [-0.15, -0.1) is 0 Å². The molecule has 44 heavy (non-hydrogen) atoms. The van der Waals surface area contributed by atoms with Crippen molar-refractivity contribution in [2.45, 2.75) is 50.8 Å². The van der Waals surface area contributed by atoms with E-state index in [2.05, 4.69) is 15.0 Å². The summed E-state index contributed by atoms with van der Waals surface area (Å²) in [6.07, 6.45) is 5.76. The molecule has 3 aromatic rings. The van der Waals surface area contributed by atoms with Gasteiger partial charge in [-0.1, -0.05) is 20.3 Å². The first-order valence-corrected chi connectivity index (χ1v) is 15.9. The molecule has 0 saturated carbocycles. The molecular formula is C29H40N6O8S. The molecule has 0 atom stereocenters. The summed E-state index contributed by atoms with van der Waals surface area (Å²) in [6, 6.07) is 4.75. The van der Waals surface area contributed by atoms with Gasteiger partial charge in [0.15, 0.2) is 5.52 Å². The van der Waals surface area contributed by atoms with Crippen LogP contribution in [-0.4, -0.2) is 99.4 Å². The minimum atomic E-state index is -3.75. The Morgan fingerprint density at radius 3 is 2.36 bits per heavy atom. The molecule has 4 rings (SSSR count). The number of aliphatic carboxylic acids is 2. The molecule has 0 radical (unpaired) electrons. The number of hydrogen-bond acceptors (Lipinski definition) is 9. The van der Waals surface area contributed by atoms with Crippen LogP contribution in [0.1, 0.15) is 45.2 Å². The maximum atomic E-state index is 13.4. The van der Waals surface area contributed by atoms with Crippen LogP contribution in [0.3, 0.4) is 0 Å². The number of likely N-dealkylation sites (N-methyl/N-ethyl adjacent to an activating group) is 1. The van der Waals surface area contributed by atoms with E-state index in [1.807, 2.05) is 13.8 Å². The number of hydrogen-bond donors (Lipinski definition) is 3. The number of carboxylic acid groups (broad SMARTS) is 2. The lowest BCUT2D eigenvalue weighted by Gasteiger charge is -2.22. The zero-order chi connectivity index (χ0) is 32.4. The molecule has 1 saturated heterocycles. The molecule has 0 aliphatic carbocycles. The molecule has 0 unspecified atom stereocenters. The summed E-state index contributed by atoms with van der Waals surface area (Å²) in [7, 11) is -0.425. The van der Waals surface area contributed by atoms with Gasteiger partial charge in [-0.3, -0.25) is 9.48 Å². The van der Waals surface area contributed by atoms with Gasteiger partial charge in [0.25, 0.3) is 5.56 Å². The van der Waals surface area contributed by atoms with Crippen LogP contribution in [0.15, 0.2) is 40.0 Å². The lowest BCUT2D eigenvalue weighted by Crippen LogP contribution is -2.35. The molecule has 240 valence electrons. The minimum Gasteiger partial charge on any atom is -0.493 e. The van der Waals surface area contributed by atoms with E-state index in [0.29, 0.717) is 60.6 Å². The van der Waals surface area contributed by atoms with Crippen molar-refractivity contribution in [2.75, 3.05) is 39.8 Å². The summed E-state index contributed by atoms with van der Waals surface area (Å²) in [5.41, 5.74) is 1.76. The summed E-state index contributed by atoms with van der Waals surface area (Å²) >= 11 is 0. The van der Waals surface area contributed by atoms with Gasteiger partial charge in [-0.05, 0) is 57.0 Å². The molecule has 15 heteroatoms. The Morgan fingerprint density at radius 1 is 1.11 bits per heavy atom. The highest BCUT2D eigenvalue weighted by molar-refractivity contribution is 7.89. The third kappa shape index (κ3) is 8.74. The van der Waals surface area contributed by atoms with Crippen molar-refractivity contribution in [3.8, 4) is 17.1 Å². The molecule has 1 aliphatic heterocycles. The number of H-pyrrole nitrogens is 1. The average Bonchev–Trinajstić information content (AvgIpc) is 3.62. The second kappa shape index (κ2) is 15.6. The fourth-order valence-electron chi connectivity index (χ4n) is 4.70. The molecule has 2 aromatic heterocycles. The first-order chi connectivity index (χ1) is 20.9. The molecule has 0 spiro atoms. The molecule has 0 amide bonds. The highest BCUT2D eigenvalue weighted by Crippen LogP contribution is 2.32. The molecule has 1 fully saturated rings. The van der Waals surface area contributed by atoms with Crippen LogP contribution in [0.4, 0.5) is 0 Å². The van der Waals surface area contributed by atoms with Gasteiger partial charge < -0.3 is 24.8 Å². The first kappa shape index (κ1) is 34.4. The zero-order valence-corrected chi connectivity index (χ0v) is 26.3. The van der Waals surface area contributed by atoms with Crippen LogP contribution in [0.2, 0.25) is 0 Å². The topological polar surface area (TPSA) is 188 Å². The average molecular weight is 633 g/mol. The minimum absolute atomic E-state index is 0.132. The van der Waals surface area contributed by atoms with Crippen LogP contribution in [0.5, 0.6) is 5.75 Å². The Morgan fingerprint density at radius 2 is 1.77 bits per heavy atom. The van der Waals surface area contributed by atoms with Crippen LogP contribution in [-0.2, 0) is 33.1 Å². The molecular weight excluding hydrogens is 592 g/mol. The third-order valence-corrected chi connectivity index (χ3v) is 8.78. The second-order valence-electron chi connectivity index (χ2n) is 10.3. The number of carboxylic acids is 2. The standard InChI is InChI=1S/C25H36N6O4S.C4H4O4/c1-5-9-20-22-23(30(4)28-20)25(32)27-24(26-22)19-17-18(10-11-21(19)35-16-6-2)36(33,34)29(3)14-15-31-12-7-8-13-31;5-3(6)1-2-4(7)8/h10-11,17H,5-9,12-16H2,1-4H3,(H,26,27,32);1-2H,(H,5,6)(H,7,8)/b;2-1+. The molecule has 3 heterocycles. The SMILES string of the molecule is CCCOc1ccc(S(=O)(=O)N(C)CCN2CCCC2)cc1-c1nc2c(CCC)nn(C)c2c(=O)[nH]1.O=C(O)/C=C/C(=O)O. The number of ether oxygens (including phenoxy) is 1. The van der Waals surface area contributed by atoms with E-state index in [9.17, 15) is 22.8 Å². The number of rotatable bonds is 13. The third-order valence-electron chi connectivity index (χ3n) is 6.92. The maximum Gasteiger partial charge on any atom is 0.328 e. The van der Waals surface area contributed by atoms with Crippen molar-refractivity contribution in [3.05, 3.63) is 46.4 Å². The number of fused-ring (bicyclic) bond motifs is 1. The summed E-state index contributed by atoms with van der Waals surface area (Å²) in [4.78, 5) is 42.1. The van der Waals surface area contributed by atoms with Gasteiger partial charge >= 0.3 is 11.9 Å². The van der Waals surface area contributed by atoms with Crippen molar-refractivity contribution in [1.29, 1.82) is 0 Å². The summed E-state index contributed by atoms with van der Waals surface area (Å²) < 4.78 is 35.7. The van der Waals surface area contributed by atoms with E-state index in [1.165, 1.54) is 4.31 Å². The van der Waals surface area contributed by atoms with E-state index < -0.39 is 22.0 Å². The smallest absolute Gasteiger partial charge is 0.328 e. The number of sulfonamides is 1. The number of aromatic nitrogens is 4. The van der Waals surface area contributed by atoms with Gasteiger partial charge in [-0.2, -0.15) is 9.40 Å². The lowest BCUT2D eigenvalue weighted by molar-refractivity contribution is -0.134. The quantitative estimate of drug-likeness (QED) is 0.235. The van der Waals surface area contributed by atoms with Crippen molar-refractivity contribution < 1.29 is 33.0 Å². The molecule has 14 nitrogen and oxygen atoms in total. The number of aromatic amines is 1. The summed E-state index contributed by atoms with van der Waals surface area (Å²) in [5.74, 6) is -1.78. The van der Waals surface area contributed by atoms with E-state index in [0.717, 1.165) is 44.5 Å². The van der Waals surface area contributed by atoms with Gasteiger partial charge in [0.1, 0.15) is 17.1 Å². The summed E-state index contributed by atoms with van der Waals surface area (Å²) in [6.45, 7) is 7.62. The Balaban J connectivity index is 0.000000583. The van der Waals surface area contributed by atoms with E-state index >= 15 is 0 Å². The number of nitrogens with one attached hydrogen (secondary N) is 1. The van der Waals surface area contributed by atoms with Crippen LogP contribution >= 0.6 is 0 Å². The van der Waals surface area contributed by atoms with E-state index in [-0.39, 0.29) is 16.3 Å². The van der Waals surface area contributed by atoms with Crippen molar-refractivity contribution >= 4 is 33.0 Å². The number of likely N-dealkylation sites (tertiary alicyclic amines) is 1. The predicted octanol–water partition coefficient (Wildman–Crippen LogP) is 2.49. The number of nitrogens with zero attached hydrogens (tertiary/aromatic N) is 5. The Hall–Kier alpha value is -4.08. The van der Waals surface area contributed by atoms with Crippen molar-refractivity contribution in [2.24, 2.45) is 7.05 Å². The van der Waals surface area contributed by atoms with Crippen LogP contribution < -0.4 is 10.3 Å². The Labute approximate surface area is 256 Å². The maximum absolute atomic E-state index is 13.4. The lowest BCUT2D eigenvalue weighted by atomic mass is 10.1. The highest BCUT2D eigenvalue weighted by atomic mass is 32.2. The van der Waals surface area contributed by atoms with Crippen molar-refractivity contribution in [3.63, 3.8) is 0 Å². The van der Waals surface area contributed by atoms with Crippen LogP contribution in [0.25, 0.3) is 22.4 Å². The Bertz CT molecular complexity index is 1640.